The number of para-hydroxylation sites is 1. The lowest BCUT2D eigenvalue weighted by atomic mass is 10.1. The van der Waals surface area contributed by atoms with E-state index >= 15 is 0 Å². The molecule has 2 aromatic rings. The van der Waals surface area contributed by atoms with Crippen LogP contribution in [0, 0.1) is 11.6 Å². The van der Waals surface area contributed by atoms with Gasteiger partial charge in [-0.3, -0.25) is 4.79 Å². The average Bonchev–Trinajstić information content (AvgIpc) is 2.59. The first-order chi connectivity index (χ1) is 11.8. The quantitative estimate of drug-likeness (QED) is 0.666. The second kappa shape index (κ2) is 7.52. The van der Waals surface area contributed by atoms with Crippen molar-refractivity contribution in [2.75, 3.05) is 14.2 Å². The molecule has 8 heteroatoms. The maximum atomic E-state index is 13.8. The van der Waals surface area contributed by atoms with E-state index in [0.29, 0.717) is 17.9 Å². The largest absolute Gasteiger partial charge is 0.496 e. The van der Waals surface area contributed by atoms with Gasteiger partial charge in [-0.2, -0.15) is 5.10 Å². The van der Waals surface area contributed by atoms with Gasteiger partial charge in [-0.15, -0.1) is 0 Å². The number of methoxy groups -OCH3 is 1. The zero-order valence-corrected chi connectivity index (χ0v) is 13.4. The summed E-state index contributed by atoms with van der Waals surface area (Å²) in [4.78, 5) is 23.1. The van der Waals surface area contributed by atoms with Crippen LogP contribution < -0.4 is 4.74 Å². The van der Waals surface area contributed by atoms with E-state index in [0.717, 1.165) is 11.2 Å². The fraction of sp³-hybridized carbons (Fsp3) is 0.118. The summed E-state index contributed by atoms with van der Waals surface area (Å²) in [6, 6.07) is 7.79. The number of carbonyl (C=O) groups is 2. The monoisotopic (exact) mass is 348 g/mol. The summed E-state index contributed by atoms with van der Waals surface area (Å²) in [6.07, 6.45) is 0.809. The van der Waals surface area contributed by atoms with Gasteiger partial charge < -0.3 is 9.84 Å². The van der Waals surface area contributed by atoms with Crippen molar-refractivity contribution in [1.29, 1.82) is 0 Å². The number of carbonyl (C=O) groups excluding carboxylic acids is 1. The van der Waals surface area contributed by atoms with Crippen molar-refractivity contribution in [2.24, 2.45) is 5.10 Å². The third kappa shape index (κ3) is 3.97. The lowest BCUT2D eigenvalue weighted by Crippen LogP contribution is -2.22. The standard InChI is InChI=1S/C17H14F2N2O4/c1-21(16(22)11-5-3-4-6-15(11)25-2)20-9-12-13(18)7-10(17(23)24)8-14(12)19/h3-9H,1-2H3,(H,23,24)/b20-9+. The Bertz CT molecular complexity index is 829. The summed E-state index contributed by atoms with van der Waals surface area (Å²) in [5.74, 6) is -3.86. The van der Waals surface area contributed by atoms with Gasteiger partial charge in [0.05, 0.1) is 30.0 Å². The smallest absolute Gasteiger partial charge is 0.335 e. The van der Waals surface area contributed by atoms with Gasteiger partial charge in [0.25, 0.3) is 5.91 Å². The van der Waals surface area contributed by atoms with E-state index in [9.17, 15) is 18.4 Å². The molecular weight excluding hydrogens is 334 g/mol. The Labute approximate surface area is 142 Å². The molecule has 0 aromatic heterocycles. The number of benzene rings is 2. The van der Waals surface area contributed by atoms with Crippen LogP contribution in [0.2, 0.25) is 0 Å². The lowest BCUT2D eigenvalue weighted by Gasteiger charge is -2.13. The van der Waals surface area contributed by atoms with Crippen molar-refractivity contribution in [1.82, 2.24) is 5.01 Å². The first kappa shape index (κ1) is 18.1. The highest BCUT2D eigenvalue weighted by molar-refractivity contribution is 5.97. The molecule has 0 atom stereocenters. The number of hydrogen-bond donors (Lipinski definition) is 1. The molecule has 2 rings (SSSR count). The Hall–Kier alpha value is -3.29. The molecule has 0 saturated carbocycles. The average molecular weight is 348 g/mol. The minimum atomic E-state index is -1.45. The van der Waals surface area contributed by atoms with Crippen LogP contribution in [0.5, 0.6) is 5.75 Å². The van der Waals surface area contributed by atoms with Gasteiger partial charge in [-0.1, -0.05) is 12.1 Å². The predicted octanol–water partition coefficient (Wildman–Crippen LogP) is 2.78. The van der Waals surface area contributed by atoms with Gasteiger partial charge in [0.1, 0.15) is 17.4 Å². The van der Waals surface area contributed by atoms with E-state index in [1.807, 2.05) is 0 Å². The van der Waals surface area contributed by atoms with Crippen molar-refractivity contribution in [3.8, 4) is 5.75 Å². The Balaban J connectivity index is 2.27. The number of nitrogens with zero attached hydrogens (tertiary/aromatic N) is 2. The van der Waals surface area contributed by atoms with Gasteiger partial charge in [-0.05, 0) is 24.3 Å². The summed E-state index contributed by atoms with van der Waals surface area (Å²) < 4.78 is 32.8. The molecule has 25 heavy (non-hydrogen) atoms. The molecule has 0 fully saturated rings. The van der Waals surface area contributed by atoms with E-state index in [1.165, 1.54) is 20.2 Å². The number of rotatable bonds is 5. The van der Waals surface area contributed by atoms with Gasteiger partial charge in [-0.25, -0.2) is 18.6 Å². The van der Waals surface area contributed by atoms with E-state index in [2.05, 4.69) is 5.10 Å². The van der Waals surface area contributed by atoms with Gasteiger partial charge in [0, 0.05) is 7.05 Å². The van der Waals surface area contributed by atoms with Crippen LogP contribution in [0.4, 0.5) is 8.78 Å². The number of amides is 1. The molecule has 0 aliphatic rings. The summed E-state index contributed by atoms with van der Waals surface area (Å²) in [6.45, 7) is 0. The van der Waals surface area contributed by atoms with Crippen molar-refractivity contribution >= 4 is 18.1 Å². The van der Waals surface area contributed by atoms with Crippen LogP contribution in [0.25, 0.3) is 0 Å². The highest BCUT2D eigenvalue weighted by Gasteiger charge is 2.17. The first-order valence-electron chi connectivity index (χ1n) is 7.02. The molecule has 130 valence electrons. The molecule has 0 unspecified atom stereocenters. The number of carboxylic acid groups (broad SMARTS) is 1. The zero-order valence-electron chi connectivity index (χ0n) is 13.4. The van der Waals surface area contributed by atoms with E-state index in [-0.39, 0.29) is 5.56 Å². The van der Waals surface area contributed by atoms with Gasteiger partial charge in [0.2, 0.25) is 0 Å². The molecule has 0 spiro atoms. The molecule has 1 amide bonds. The minimum Gasteiger partial charge on any atom is -0.496 e. The maximum absolute atomic E-state index is 13.8. The molecule has 6 nitrogen and oxygen atoms in total. The van der Waals surface area contributed by atoms with Crippen LogP contribution in [-0.2, 0) is 0 Å². The normalized spacial score (nSPS) is 10.7. The fourth-order valence-corrected chi connectivity index (χ4v) is 2.02. The molecular formula is C17H14F2N2O4. The van der Waals surface area contributed by atoms with Crippen molar-refractivity contribution in [3.63, 3.8) is 0 Å². The zero-order chi connectivity index (χ0) is 18.6. The topological polar surface area (TPSA) is 79.2 Å². The van der Waals surface area contributed by atoms with Gasteiger partial charge in [0.15, 0.2) is 0 Å². The molecule has 0 aliphatic carbocycles. The first-order valence-corrected chi connectivity index (χ1v) is 7.02. The molecule has 0 aliphatic heterocycles. The number of halogens is 2. The fourth-order valence-electron chi connectivity index (χ4n) is 2.02. The number of hydrazone groups is 1. The van der Waals surface area contributed by atoms with Crippen LogP contribution in [0.15, 0.2) is 41.5 Å². The Morgan fingerprint density at radius 2 is 1.80 bits per heavy atom. The van der Waals surface area contributed by atoms with Crippen molar-refractivity contribution in [3.05, 3.63) is 64.7 Å². The summed E-state index contributed by atoms with van der Waals surface area (Å²) in [7, 11) is 2.72. The molecule has 0 saturated heterocycles. The Kier molecular flexibility index (Phi) is 5.43. The number of ether oxygens (including phenoxy) is 1. The van der Waals surface area contributed by atoms with Gasteiger partial charge >= 0.3 is 5.97 Å². The number of carboxylic acids is 1. The van der Waals surface area contributed by atoms with Crippen LogP contribution in [-0.4, -0.2) is 42.4 Å². The van der Waals surface area contributed by atoms with E-state index in [4.69, 9.17) is 9.84 Å². The molecule has 0 bridgehead atoms. The van der Waals surface area contributed by atoms with Crippen LogP contribution in [0.3, 0.4) is 0 Å². The van der Waals surface area contributed by atoms with Crippen LogP contribution >= 0.6 is 0 Å². The second-order valence-electron chi connectivity index (χ2n) is 4.93. The second-order valence-corrected chi connectivity index (χ2v) is 4.93. The van der Waals surface area contributed by atoms with Crippen molar-refractivity contribution < 1.29 is 28.2 Å². The Morgan fingerprint density at radius 1 is 1.20 bits per heavy atom. The summed E-state index contributed by atoms with van der Waals surface area (Å²) >= 11 is 0. The molecule has 1 N–H and O–H groups in total. The Morgan fingerprint density at radius 3 is 2.36 bits per heavy atom. The maximum Gasteiger partial charge on any atom is 0.335 e. The molecule has 0 radical (unpaired) electrons. The molecule has 2 aromatic carbocycles. The lowest BCUT2D eigenvalue weighted by molar-refractivity contribution is 0.0695. The summed E-state index contributed by atoms with van der Waals surface area (Å²) in [5, 5.41) is 13.4. The van der Waals surface area contributed by atoms with E-state index < -0.39 is 34.6 Å². The minimum absolute atomic E-state index is 0.229. The third-order valence-electron chi connectivity index (χ3n) is 3.32. The highest BCUT2D eigenvalue weighted by atomic mass is 19.1. The predicted molar refractivity (Wildman–Crippen MR) is 86.0 cm³/mol. The van der Waals surface area contributed by atoms with Crippen molar-refractivity contribution in [2.45, 2.75) is 0 Å². The van der Waals surface area contributed by atoms with E-state index in [1.54, 1.807) is 18.2 Å². The summed E-state index contributed by atoms with van der Waals surface area (Å²) in [5.41, 5.74) is -0.845. The molecule has 0 heterocycles. The SMILES string of the molecule is COc1ccccc1C(=O)N(C)/N=C/c1c(F)cc(C(=O)O)cc1F. The number of aromatic carboxylic acids is 1. The van der Waals surface area contributed by atoms with Crippen LogP contribution in [0.1, 0.15) is 26.3 Å². The highest BCUT2D eigenvalue weighted by Crippen LogP contribution is 2.19. The third-order valence-corrected chi connectivity index (χ3v) is 3.32. The number of hydrogen-bond acceptors (Lipinski definition) is 4.